The number of hydrogen-bond donors (Lipinski definition) is 3. The SMILES string of the molecule is CC[C@@H](C(=O)O)C(O)CO. The molecule has 0 saturated heterocycles. The maximum atomic E-state index is 10.3. The molecule has 0 aliphatic carbocycles. The molecule has 60 valence electrons. The summed E-state index contributed by atoms with van der Waals surface area (Å²) in [7, 11) is 0. The minimum Gasteiger partial charge on any atom is -0.481 e. The standard InChI is InChI=1S/C6H12O4/c1-2-4(6(9)10)5(8)3-7/h4-5,7-8H,2-3H2,1H3,(H,9,10)/t4-,5?/m1/s1. The van der Waals surface area contributed by atoms with E-state index in [0.29, 0.717) is 6.42 Å². The van der Waals surface area contributed by atoms with Gasteiger partial charge < -0.3 is 15.3 Å². The Balaban J connectivity index is 3.92. The van der Waals surface area contributed by atoms with E-state index in [-0.39, 0.29) is 0 Å². The number of carboxylic acid groups (broad SMARTS) is 1. The van der Waals surface area contributed by atoms with Crippen LogP contribution in [0.2, 0.25) is 0 Å². The minimum atomic E-state index is -1.14. The summed E-state index contributed by atoms with van der Waals surface area (Å²) in [6, 6.07) is 0. The number of aliphatic hydroxyl groups excluding tert-OH is 2. The molecular weight excluding hydrogens is 136 g/mol. The van der Waals surface area contributed by atoms with Crippen LogP contribution in [-0.2, 0) is 4.79 Å². The molecule has 4 nitrogen and oxygen atoms in total. The molecule has 1 unspecified atom stereocenters. The highest BCUT2D eigenvalue weighted by molar-refractivity contribution is 5.70. The molecule has 0 aromatic carbocycles. The molecular formula is C6H12O4. The predicted molar refractivity (Wildman–Crippen MR) is 34.5 cm³/mol. The molecule has 0 amide bonds. The van der Waals surface area contributed by atoms with Gasteiger partial charge in [-0.25, -0.2) is 0 Å². The second-order valence-electron chi connectivity index (χ2n) is 2.10. The van der Waals surface area contributed by atoms with Crippen LogP contribution in [0.15, 0.2) is 0 Å². The van der Waals surface area contributed by atoms with E-state index in [1.807, 2.05) is 0 Å². The number of hydrogen-bond acceptors (Lipinski definition) is 3. The van der Waals surface area contributed by atoms with Gasteiger partial charge in [0.2, 0.25) is 0 Å². The van der Waals surface area contributed by atoms with Crippen LogP contribution in [0.5, 0.6) is 0 Å². The average Bonchev–Trinajstić information content (AvgIpc) is 1.88. The minimum absolute atomic E-state index is 0.330. The van der Waals surface area contributed by atoms with Crippen LogP contribution >= 0.6 is 0 Å². The Hall–Kier alpha value is -0.610. The number of rotatable bonds is 4. The smallest absolute Gasteiger partial charge is 0.309 e. The van der Waals surface area contributed by atoms with Crippen molar-refractivity contribution in [3.63, 3.8) is 0 Å². The lowest BCUT2D eigenvalue weighted by Gasteiger charge is -2.13. The van der Waals surface area contributed by atoms with Crippen molar-refractivity contribution in [1.82, 2.24) is 0 Å². The summed E-state index contributed by atoms with van der Waals surface area (Å²) < 4.78 is 0. The van der Waals surface area contributed by atoms with Crippen LogP contribution in [0.4, 0.5) is 0 Å². The molecule has 0 fully saturated rings. The maximum absolute atomic E-state index is 10.3. The lowest BCUT2D eigenvalue weighted by molar-refractivity contribution is -0.146. The predicted octanol–water partition coefficient (Wildman–Crippen LogP) is -0.550. The summed E-state index contributed by atoms with van der Waals surface area (Å²) >= 11 is 0. The number of carbonyl (C=O) groups is 1. The molecule has 0 aliphatic heterocycles. The zero-order valence-electron chi connectivity index (χ0n) is 5.82. The van der Waals surface area contributed by atoms with Crippen molar-refractivity contribution in [2.45, 2.75) is 19.4 Å². The molecule has 10 heavy (non-hydrogen) atoms. The Morgan fingerprint density at radius 1 is 1.60 bits per heavy atom. The average molecular weight is 148 g/mol. The Labute approximate surface area is 59.1 Å². The van der Waals surface area contributed by atoms with Gasteiger partial charge in [0.25, 0.3) is 0 Å². The third kappa shape index (κ3) is 2.33. The molecule has 0 saturated carbocycles. The van der Waals surface area contributed by atoms with Crippen LogP contribution in [-0.4, -0.2) is 34.0 Å². The lowest BCUT2D eigenvalue weighted by Crippen LogP contribution is -2.30. The lowest BCUT2D eigenvalue weighted by atomic mass is 10.0. The molecule has 0 aromatic rings. The molecule has 4 heteroatoms. The summed E-state index contributed by atoms with van der Waals surface area (Å²) in [6.07, 6.45) is -0.806. The van der Waals surface area contributed by atoms with Crippen LogP contribution in [0.25, 0.3) is 0 Å². The molecule has 2 atom stereocenters. The van der Waals surface area contributed by atoms with E-state index in [0.717, 1.165) is 0 Å². The second kappa shape index (κ2) is 4.24. The van der Waals surface area contributed by atoms with Gasteiger partial charge in [0.15, 0.2) is 0 Å². The topological polar surface area (TPSA) is 77.8 Å². The molecule has 3 N–H and O–H groups in total. The second-order valence-corrected chi connectivity index (χ2v) is 2.10. The molecule has 0 rings (SSSR count). The Bertz CT molecular complexity index is 112. The third-order valence-electron chi connectivity index (χ3n) is 1.41. The fraction of sp³-hybridized carbons (Fsp3) is 0.833. The molecule has 0 radical (unpaired) electrons. The Morgan fingerprint density at radius 3 is 2.20 bits per heavy atom. The van der Waals surface area contributed by atoms with Gasteiger partial charge in [-0.1, -0.05) is 6.92 Å². The van der Waals surface area contributed by atoms with Gasteiger partial charge in [-0.15, -0.1) is 0 Å². The van der Waals surface area contributed by atoms with E-state index >= 15 is 0 Å². The summed E-state index contributed by atoms with van der Waals surface area (Å²) in [5, 5.41) is 25.6. The Kier molecular flexibility index (Phi) is 3.99. The van der Waals surface area contributed by atoms with Gasteiger partial charge in [-0.3, -0.25) is 4.79 Å². The maximum Gasteiger partial charge on any atom is 0.309 e. The first kappa shape index (κ1) is 9.39. The van der Waals surface area contributed by atoms with Gasteiger partial charge in [-0.05, 0) is 6.42 Å². The number of carboxylic acids is 1. The quantitative estimate of drug-likeness (QED) is 0.500. The molecule has 0 spiro atoms. The van der Waals surface area contributed by atoms with Gasteiger partial charge in [0.05, 0.1) is 18.6 Å². The van der Waals surface area contributed by atoms with E-state index in [1.165, 1.54) is 0 Å². The zero-order chi connectivity index (χ0) is 8.15. The molecule has 0 heterocycles. The van der Waals surface area contributed by atoms with Crippen LogP contribution < -0.4 is 0 Å². The monoisotopic (exact) mass is 148 g/mol. The van der Waals surface area contributed by atoms with E-state index in [4.69, 9.17) is 15.3 Å². The van der Waals surface area contributed by atoms with Crippen molar-refractivity contribution >= 4 is 5.97 Å². The van der Waals surface area contributed by atoms with E-state index in [9.17, 15) is 4.79 Å². The highest BCUT2D eigenvalue weighted by Gasteiger charge is 2.23. The summed E-state index contributed by atoms with van der Waals surface area (Å²) in [4.78, 5) is 10.3. The van der Waals surface area contributed by atoms with E-state index in [1.54, 1.807) is 6.92 Å². The van der Waals surface area contributed by atoms with Crippen LogP contribution in [0.1, 0.15) is 13.3 Å². The van der Waals surface area contributed by atoms with Crippen molar-refractivity contribution in [3.05, 3.63) is 0 Å². The van der Waals surface area contributed by atoms with Crippen molar-refractivity contribution < 1.29 is 20.1 Å². The molecule has 0 bridgehead atoms. The van der Waals surface area contributed by atoms with Gasteiger partial charge in [-0.2, -0.15) is 0 Å². The first-order chi connectivity index (χ1) is 4.63. The van der Waals surface area contributed by atoms with Gasteiger partial charge >= 0.3 is 5.97 Å². The van der Waals surface area contributed by atoms with Crippen LogP contribution in [0.3, 0.4) is 0 Å². The first-order valence-electron chi connectivity index (χ1n) is 3.15. The fourth-order valence-electron chi connectivity index (χ4n) is 0.739. The summed E-state index contributed by atoms with van der Waals surface area (Å²) in [5.41, 5.74) is 0. The fourth-order valence-corrected chi connectivity index (χ4v) is 0.739. The van der Waals surface area contributed by atoms with Crippen LogP contribution in [0, 0.1) is 5.92 Å². The molecule has 0 aliphatic rings. The van der Waals surface area contributed by atoms with E-state index in [2.05, 4.69) is 0 Å². The van der Waals surface area contributed by atoms with Crippen molar-refractivity contribution in [3.8, 4) is 0 Å². The highest BCUT2D eigenvalue weighted by Crippen LogP contribution is 2.07. The van der Waals surface area contributed by atoms with Gasteiger partial charge in [0.1, 0.15) is 0 Å². The largest absolute Gasteiger partial charge is 0.481 e. The molecule has 0 aromatic heterocycles. The first-order valence-corrected chi connectivity index (χ1v) is 3.15. The van der Waals surface area contributed by atoms with Gasteiger partial charge in [0, 0.05) is 0 Å². The Morgan fingerprint density at radius 2 is 2.10 bits per heavy atom. The van der Waals surface area contributed by atoms with Crippen molar-refractivity contribution in [1.29, 1.82) is 0 Å². The van der Waals surface area contributed by atoms with Crippen molar-refractivity contribution in [2.24, 2.45) is 5.92 Å². The van der Waals surface area contributed by atoms with E-state index < -0.39 is 24.6 Å². The van der Waals surface area contributed by atoms with Crippen molar-refractivity contribution in [2.75, 3.05) is 6.61 Å². The number of aliphatic hydroxyl groups is 2. The number of aliphatic carboxylic acids is 1. The third-order valence-corrected chi connectivity index (χ3v) is 1.41. The summed E-state index contributed by atoms with van der Waals surface area (Å²) in [5.74, 6) is -1.91. The summed E-state index contributed by atoms with van der Waals surface area (Å²) in [6.45, 7) is 1.16. The highest BCUT2D eigenvalue weighted by atomic mass is 16.4. The zero-order valence-corrected chi connectivity index (χ0v) is 5.82. The normalized spacial score (nSPS) is 16.3.